The molecule has 2 aromatic carbocycles. The molecule has 0 radical (unpaired) electrons. The molecule has 0 saturated carbocycles. The minimum absolute atomic E-state index is 0.0415. The first-order valence-corrected chi connectivity index (χ1v) is 10.8. The average molecular weight is 434 g/mol. The maximum atomic E-state index is 13.1. The molecule has 0 spiro atoms. The van der Waals surface area contributed by atoms with Crippen LogP contribution in [0.5, 0.6) is 0 Å². The van der Waals surface area contributed by atoms with Gasteiger partial charge in [-0.15, -0.1) is 0 Å². The first kappa shape index (κ1) is 21.5. The number of hydrogen-bond acceptors (Lipinski definition) is 5. The summed E-state index contributed by atoms with van der Waals surface area (Å²) in [5.74, 6) is -0.244. The number of aromatic nitrogens is 2. The predicted molar refractivity (Wildman–Crippen MR) is 124 cm³/mol. The quantitative estimate of drug-likeness (QED) is 0.635. The molecule has 1 aliphatic rings. The summed E-state index contributed by atoms with van der Waals surface area (Å²) in [6, 6.07) is 17.4. The minimum atomic E-state index is -0.316. The Hall–Kier alpha value is -3.68. The highest BCUT2D eigenvalue weighted by Gasteiger charge is 2.23. The number of fused-ring (bicyclic) bond motifs is 1. The Morgan fingerprint density at radius 1 is 0.969 bits per heavy atom. The number of nitrogens with zero attached hydrogens (tertiary/aromatic N) is 4. The third-order valence-electron chi connectivity index (χ3n) is 5.83. The van der Waals surface area contributed by atoms with Crippen molar-refractivity contribution < 1.29 is 9.59 Å². The number of nitrogens with one attached hydrogen (secondary N) is 1. The van der Waals surface area contributed by atoms with E-state index in [0.29, 0.717) is 29.8 Å². The maximum absolute atomic E-state index is 13.1. The lowest BCUT2D eigenvalue weighted by Gasteiger charge is -2.36. The Balaban J connectivity index is 1.52. The number of hydrogen-bond donors (Lipinski definition) is 1. The van der Waals surface area contributed by atoms with Gasteiger partial charge in [-0.25, -0.2) is 4.98 Å². The third kappa shape index (κ3) is 4.64. The highest BCUT2D eigenvalue weighted by Crippen LogP contribution is 2.16. The summed E-state index contributed by atoms with van der Waals surface area (Å²) in [7, 11) is 1.56. The van der Waals surface area contributed by atoms with E-state index < -0.39 is 0 Å². The van der Waals surface area contributed by atoms with E-state index in [4.69, 9.17) is 0 Å². The smallest absolute Gasteiger partial charge is 0.273 e. The van der Waals surface area contributed by atoms with Crippen LogP contribution in [0.3, 0.4) is 0 Å². The van der Waals surface area contributed by atoms with Crippen molar-refractivity contribution in [3.63, 3.8) is 0 Å². The van der Waals surface area contributed by atoms with Crippen molar-refractivity contribution in [3.8, 4) is 0 Å². The summed E-state index contributed by atoms with van der Waals surface area (Å²) in [5, 5.41) is 2.56. The fourth-order valence-electron chi connectivity index (χ4n) is 4.01. The first-order chi connectivity index (χ1) is 15.6. The van der Waals surface area contributed by atoms with E-state index >= 15 is 0 Å². The molecule has 8 nitrogen and oxygen atoms in total. The van der Waals surface area contributed by atoms with Gasteiger partial charge in [0.15, 0.2) is 0 Å². The Morgan fingerprint density at radius 2 is 1.66 bits per heavy atom. The topological polar surface area (TPSA) is 87.5 Å². The van der Waals surface area contributed by atoms with Gasteiger partial charge in [0.25, 0.3) is 5.56 Å². The molecule has 8 heteroatoms. The van der Waals surface area contributed by atoms with Crippen molar-refractivity contribution in [2.75, 3.05) is 38.1 Å². The van der Waals surface area contributed by atoms with Gasteiger partial charge < -0.3 is 15.1 Å². The normalized spacial score (nSPS) is 13.9. The standard InChI is InChI=1S/C24H27N5O3/c1-25-22(30)12-11-20-24(32)29(21-10-6-5-9-19(21)26-20)17-23(31)28-15-13-27(14-16-28)18-7-3-2-4-8-18/h2-10H,11-17H2,1H3,(H,25,30). The zero-order valence-electron chi connectivity index (χ0n) is 18.2. The molecule has 166 valence electrons. The van der Waals surface area contributed by atoms with Gasteiger partial charge in [-0.1, -0.05) is 30.3 Å². The lowest BCUT2D eigenvalue weighted by Crippen LogP contribution is -2.50. The van der Waals surface area contributed by atoms with Crippen molar-refractivity contribution in [2.24, 2.45) is 0 Å². The summed E-state index contributed by atoms with van der Waals surface area (Å²) in [5.41, 5.74) is 2.40. The van der Waals surface area contributed by atoms with E-state index in [-0.39, 0.29) is 36.8 Å². The molecular formula is C24H27N5O3. The van der Waals surface area contributed by atoms with Crippen LogP contribution in [-0.4, -0.2) is 59.5 Å². The van der Waals surface area contributed by atoms with Gasteiger partial charge in [-0.05, 0) is 24.3 Å². The molecule has 2 amide bonds. The van der Waals surface area contributed by atoms with E-state index in [1.54, 1.807) is 13.1 Å². The number of amides is 2. The Morgan fingerprint density at radius 3 is 2.38 bits per heavy atom. The van der Waals surface area contributed by atoms with Crippen molar-refractivity contribution >= 4 is 28.5 Å². The van der Waals surface area contributed by atoms with Crippen molar-refractivity contribution in [2.45, 2.75) is 19.4 Å². The van der Waals surface area contributed by atoms with Gasteiger partial charge in [0, 0.05) is 51.8 Å². The molecule has 32 heavy (non-hydrogen) atoms. The zero-order valence-corrected chi connectivity index (χ0v) is 18.2. The zero-order chi connectivity index (χ0) is 22.5. The lowest BCUT2D eigenvalue weighted by atomic mass is 10.2. The van der Waals surface area contributed by atoms with E-state index in [2.05, 4.69) is 27.3 Å². The molecule has 3 aromatic rings. The highest BCUT2D eigenvalue weighted by atomic mass is 16.2. The first-order valence-electron chi connectivity index (χ1n) is 10.8. The molecular weight excluding hydrogens is 406 g/mol. The molecule has 0 atom stereocenters. The molecule has 0 unspecified atom stereocenters. The number of benzene rings is 2. The average Bonchev–Trinajstić information content (AvgIpc) is 2.85. The summed E-state index contributed by atoms with van der Waals surface area (Å²) in [4.78, 5) is 46.4. The number of para-hydroxylation sites is 3. The van der Waals surface area contributed by atoms with Crippen LogP contribution in [0.15, 0.2) is 59.4 Å². The number of aryl methyl sites for hydroxylation is 1. The van der Waals surface area contributed by atoms with Crippen LogP contribution >= 0.6 is 0 Å². The number of carbonyl (C=O) groups excluding carboxylic acids is 2. The van der Waals surface area contributed by atoms with Crippen LogP contribution < -0.4 is 15.8 Å². The maximum Gasteiger partial charge on any atom is 0.273 e. The molecule has 4 rings (SSSR count). The molecule has 2 heterocycles. The number of rotatable bonds is 6. The summed E-state index contributed by atoms with van der Waals surface area (Å²) in [6.07, 6.45) is 0.403. The number of piperazine rings is 1. The monoisotopic (exact) mass is 433 g/mol. The molecule has 1 saturated heterocycles. The van der Waals surface area contributed by atoms with Crippen LogP contribution in [0.2, 0.25) is 0 Å². The second-order valence-corrected chi connectivity index (χ2v) is 7.82. The predicted octanol–water partition coefficient (Wildman–Crippen LogP) is 1.42. The Bertz CT molecular complexity index is 1170. The van der Waals surface area contributed by atoms with Gasteiger partial charge in [0.2, 0.25) is 11.8 Å². The fraction of sp³-hybridized carbons (Fsp3) is 0.333. The van der Waals surface area contributed by atoms with Crippen LogP contribution in [0, 0.1) is 0 Å². The van der Waals surface area contributed by atoms with Crippen molar-refractivity contribution in [1.29, 1.82) is 0 Å². The van der Waals surface area contributed by atoms with Crippen molar-refractivity contribution in [3.05, 3.63) is 70.6 Å². The largest absolute Gasteiger partial charge is 0.368 e. The summed E-state index contributed by atoms with van der Waals surface area (Å²) >= 11 is 0. The number of anilines is 1. The van der Waals surface area contributed by atoms with E-state index in [1.165, 1.54) is 4.57 Å². The minimum Gasteiger partial charge on any atom is -0.368 e. The number of carbonyl (C=O) groups is 2. The van der Waals surface area contributed by atoms with Crippen LogP contribution in [0.4, 0.5) is 5.69 Å². The van der Waals surface area contributed by atoms with E-state index in [9.17, 15) is 14.4 Å². The Kier molecular flexibility index (Phi) is 6.49. The summed E-state index contributed by atoms with van der Waals surface area (Å²) in [6.45, 7) is 2.67. The van der Waals surface area contributed by atoms with Gasteiger partial charge in [0.1, 0.15) is 12.2 Å². The SMILES string of the molecule is CNC(=O)CCc1nc2ccccc2n(CC(=O)N2CCN(c3ccccc3)CC2)c1=O. The molecule has 1 aromatic heterocycles. The van der Waals surface area contributed by atoms with Gasteiger partial charge in [-0.3, -0.25) is 19.0 Å². The lowest BCUT2D eigenvalue weighted by molar-refractivity contribution is -0.132. The highest BCUT2D eigenvalue weighted by molar-refractivity contribution is 5.80. The van der Waals surface area contributed by atoms with Crippen molar-refractivity contribution in [1.82, 2.24) is 19.8 Å². The second kappa shape index (κ2) is 9.64. The van der Waals surface area contributed by atoms with Gasteiger partial charge in [0.05, 0.1) is 11.0 Å². The summed E-state index contributed by atoms with van der Waals surface area (Å²) < 4.78 is 1.49. The fourth-order valence-corrected chi connectivity index (χ4v) is 4.01. The molecule has 1 N–H and O–H groups in total. The molecule has 1 fully saturated rings. The van der Waals surface area contributed by atoms with Gasteiger partial charge in [-0.2, -0.15) is 0 Å². The van der Waals surface area contributed by atoms with Crippen LogP contribution in [0.1, 0.15) is 12.1 Å². The van der Waals surface area contributed by atoms with Gasteiger partial charge >= 0.3 is 0 Å². The molecule has 0 bridgehead atoms. The molecule has 0 aliphatic carbocycles. The Labute approximate surface area is 186 Å². The van der Waals surface area contributed by atoms with E-state index in [1.807, 2.05) is 41.3 Å². The second-order valence-electron chi connectivity index (χ2n) is 7.82. The van der Waals surface area contributed by atoms with Crippen LogP contribution in [0.25, 0.3) is 11.0 Å². The third-order valence-corrected chi connectivity index (χ3v) is 5.83. The van der Waals surface area contributed by atoms with Crippen LogP contribution in [-0.2, 0) is 22.6 Å². The van der Waals surface area contributed by atoms with E-state index in [0.717, 1.165) is 18.8 Å². The molecule has 1 aliphatic heterocycles.